The lowest BCUT2D eigenvalue weighted by molar-refractivity contribution is -0.384. The fraction of sp³-hybridized carbons (Fsp3) is 0.375. The number of nitro benzene ring substituents is 1. The second-order valence-corrected chi connectivity index (χ2v) is 6.50. The number of rotatable bonds is 4. The maximum atomic E-state index is 11.0. The molecule has 10 nitrogen and oxygen atoms in total. The van der Waals surface area contributed by atoms with Gasteiger partial charge in [0, 0.05) is 12.1 Å². The highest BCUT2D eigenvalue weighted by Crippen LogP contribution is 2.35. The highest BCUT2D eigenvalue weighted by atomic mass is 35.5. The molecule has 2 aromatic heterocycles. The predicted molar refractivity (Wildman–Crippen MR) is 97.6 cm³/mol. The second-order valence-electron chi connectivity index (χ2n) is 6.50. The Morgan fingerprint density at radius 1 is 1.33 bits per heavy atom. The van der Waals surface area contributed by atoms with Crippen molar-refractivity contribution in [2.24, 2.45) is 5.73 Å². The number of nitrogens with two attached hydrogens (primary N) is 1. The molecule has 2 N–H and O–H groups in total. The average molecular weight is 392 g/mol. The minimum absolute atomic E-state index is 0. The summed E-state index contributed by atoms with van der Waals surface area (Å²) in [7, 11) is 0. The van der Waals surface area contributed by atoms with E-state index in [1.165, 1.54) is 16.8 Å². The van der Waals surface area contributed by atoms with Crippen molar-refractivity contribution in [2.75, 3.05) is 0 Å². The summed E-state index contributed by atoms with van der Waals surface area (Å²) in [6.45, 7) is 1.78. The normalized spacial score (nSPS) is 15.5. The van der Waals surface area contributed by atoms with Crippen LogP contribution in [0.4, 0.5) is 5.69 Å². The Labute approximate surface area is 160 Å². The van der Waals surface area contributed by atoms with Gasteiger partial charge in [0.15, 0.2) is 11.5 Å². The van der Waals surface area contributed by atoms with Crippen LogP contribution in [0.2, 0.25) is 0 Å². The van der Waals surface area contributed by atoms with Crippen molar-refractivity contribution >= 4 is 18.1 Å². The van der Waals surface area contributed by atoms with Gasteiger partial charge in [-0.25, -0.2) is 4.68 Å². The molecule has 0 spiro atoms. The molecule has 3 aromatic rings. The van der Waals surface area contributed by atoms with E-state index in [1.807, 2.05) is 0 Å². The molecule has 142 valence electrons. The van der Waals surface area contributed by atoms with Crippen molar-refractivity contribution in [3.05, 3.63) is 45.9 Å². The number of hydrogen-bond acceptors (Lipinski definition) is 8. The van der Waals surface area contributed by atoms with Crippen molar-refractivity contribution in [1.29, 1.82) is 0 Å². The smallest absolute Gasteiger partial charge is 0.280 e. The summed E-state index contributed by atoms with van der Waals surface area (Å²) in [5, 5.41) is 23.2. The van der Waals surface area contributed by atoms with E-state index in [2.05, 4.69) is 20.5 Å². The highest BCUT2D eigenvalue weighted by molar-refractivity contribution is 5.85. The van der Waals surface area contributed by atoms with Gasteiger partial charge in [0.25, 0.3) is 11.6 Å². The monoisotopic (exact) mass is 391 g/mol. The molecule has 0 amide bonds. The Kier molecular flexibility index (Phi) is 4.94. The first kappa shape index (κ1) is 18.9. The van der Waals surface area contributed by atoms with Crippen molar-refractivity contribution in [1.82, 2.24) is 25.1 Å². The van der Waals surface area contributed by atoms with Crippen LogP contribution in [0.25, 0.3) is 17.3 Å². The zero-order chi connectivity index (χ0) is 18.3. The molecule has 1 aliphatic carbocycles. The largest absolute Gasteiger partial charge is 0.332 e. The van der Waals surface area contributed by atoms with Crippen molar-refractivity contribution < 1.29 is 9.45 Å². The zero-order valence-corrected chi connectivity index (χ0v) is 15.3. The third-order valence-electron chi connectivity index (χ3n) is 4.75. The van der Waals surface area contributed by atoms with E-state index in [1.54, 1.807) is 19.1 Å². The Hall–Kier alpha value is -2.85. The van der Waals surface area contributed by atoms with E-state index in [0.29, 0.717) is 22.9 Å². The lowest BCUT2D eigenvalue weighted by Gasteiger charge is -2.17. The van der Waals surface area contributed by atoms with Gasteiger partial charge < -0.3 is 10.3 Å². The van der Waals surface area contributed by atoms with Crippen LogP contribution in [0, 0.1) is 17.0 Å². The first-order valence-corrected chi connectivity index (χ1v) is 8.28. The van der Waals surface area contributed by atoms with Crippen LogP contribution >= 0.6 is 12.4 Å². The van der Waals surface area contributed by atoms with Crippen molar-refractivity contribution in [3.8, 4) is 17.3 Å². The van der Waals surface area contributed by atoms with E-state index < -0.39 is 10.5 Å². The first-order chi connectivity index (χ1) is 12.5. The Bertz CT molecular complexity index is 978. The number of aromatic nitrogens is 5. The van der Waals surface area contributed by atoms with Crippen molar-refractivity contribution in [3.63, 3.8) is 0 Å². The molecule has 1 aliphatic rings. The summed E-state index contributed by atoms with van der Waals surface area (Å²) in [6.07, 6.45) is 3.74. The SMILES string of the molecule is Cc1c(-c2nc(C3(N)CCCC3)no2)nnn1-c1cccc([N+](=O)[O-])c1.Cl. The van der Waals surface area contributed by atoms with Gasteiger partial charge in [0.1, 0.15) is 0 Å². The van der Waals surface area contributed by atoms with Crippen LogP contribution in [-0.2, 0) is 5.54 Å². The fourth-order valence-electron chi connectivity index (χ4n) is 3.26. The van der Waals surface area contributed by atoms with Crippen LogP contribution in [-0.4, -0.2) is 30.1 Å². The maximum Gasteiger partial charge on any atom is 0.280 e. The summed E-state index contributed by atoms with van der Waals surface area (Å²) in [5.74, 6) is 0.722. The molecule has 27 heavy (non-hydrogen) atoms. The molecule has 0 bridgehead atoms. The van der Waals surface area contributed by atoms with Gasteiger partial charge in [-0.1, -0.05) is 29.3 Å². The highest BCUT2D eigenvalue weighted by Gasteiger charge is 2.36. The minimum Gasteiger partial charge on any atom is -0.332 e. The summed E-state index contributed by atoms with van der Waals surface area (Å²) in [4.78, 5) is 14.9. The van der Waals surface area contributed by atoms with E-state index in [0.717, 1.165) is 25.7 Å². The Morgan fingerprint density at radius 2 is 2.07 bits per heavy atom. The fourth-order valence-corrected chi connectivity index (χ4v) is 3.26. The molecule has 11 heteroatoms. The molecule has 1 aromatic carbocycles. The predicted octanol–water partition coefficient (Wildman–Crippen LogP) is 2.68. The Balaban J connectivity index is 0.00000210. The van der Waals surface area contributed by atoms with Gasteiger partial charge in [-0.15, -0.1) is 17.5 Å². The molecular weight excluding hydrogens is 374 g/mol. The van der Waals surface area contributed by atoms with Gasteiger partial charge in [-0.2, -0.15) is 4.98 Å². The maximum absolute atomic E-state index is 11.0. The minimum atomic E-state index is -0.550. The van der Waals surface area contributed by atoms with Gasteiger partial charge in [-0.3, -0.25) is 10.1 Å². The molecule has 1 saturated carbocycles. The zero-order valence-electron chi connectivity index (χ0n) is 14.5. The molecule has 4 rings (SSSR count). The van der Waals surface area contributed by atoms with Crippen LogP contribution in [0.5, 0.6) is 0 Å². The molecular formula is C16H18ClN7O3. The average Bonchev–Trinajstić information content (AvgIpc) is 3.35. The van der Waals surface area contributed by atoms with Crippen LogP contribution < -0.4 is 5.73 Å². The number of hydrogen-bond donors (Lipinski definition) is 1. The molecule has 0 atom stereocenters. The van der Waals surface area contributed by atoms with Crippen LogP contribution in [0.15, 0.2) is 28.8 Å². The number of nitro groups is 1. The van der Waals surface area contributed by atoms with Gasteiger partial charge in [0.05, 0.1) is 21.8 Å². The molecule has 0 aliphatic heterocycles. The summed E-state index contributed by atoms with van der Waals surface area (Å²) < 4.78 is 6.86. The molecule has 1 fully saturated rings. The Morgan fingerprint density at radius 3 is 2.78 bits per heavy atom. The molecule has 0 radical (unpaired) electrons. The van der Waals surface area contributed by atoms with Crippen LogP contribution in [0.3, 0.4) is 0 Å². The first-order valence-electron chi connectivity index (χ1n) is 8.28. The van der Waals surface area contributed by atoms with E-state index >= 15 is 0 Å². The molecule has 0 unspecified atom stereocenters. The second kappa shape index (κ2) is 7.05. The number of non-ortho nitro benzene ring substituents is 1. The molecule has 2 heterocycles. The van der Waals surface area contributed by atoms with E-state index in [4.69, 9.17) is 10.3 Å². The standard InChI is InChI=1S/C16H17N7O3.ClH/c1-10-13(14-18-15(20-26-14)16(17)7-2-3-8-16)19-21-22(10)11-5-4-6-12(9-11)23(24)25;/h4-6,9H,2-3,7-8,17H2,1H3;1H. The molecule has 0 saturated heterocycles. The number of halogens is 1. The topological polar surface area (TPSA) is 139 Å². The quantitative estimate of drug-likeness (QED) is 0.528. The lowest BCUT2D eigenvalue weighted by atomic mass is 9.99. The van der Waals surface area contributed by atoms with Gasteiger partial charge in [-0.05, 0) is 25.8 Å². The van der Waals surface area contributed by atoms with Crippen molar-refractivity contribution in [2.45, 2.75) is 38.1 Å². The summed E-state index contributed by atoms with van der Waals surface area (Å²) in [5.41, 5.74) is 7.38. The summed E-state index contributed by atoms with van der Waals surface area (Å²) >= 11 is 0. The summed E-state index contributed by atoms with van der Waals surface area (Å²) in [6, 6.07) is 6.16. The third kappa shape index (κ3) is 3.28. The van der Waals surface area contributed by atoms with Gasteiger partial charge in [0.2, 0.25) is 0 Å². The lowest BCUT2D eigenvalue weighted by Crippen LogP contribution is -2.34. The van der Waals surface area contributed by atoms with E-state index in [9.17, 15) is 10.1 Å². The number of nitrogens with zero attached hydrogens (tertiary/aromatic N) is 6. The number of benzene rings is 1. The third-order valence-corrected chi connectivity index (χ3v) is 4.75. The van der Waals surface area contributed by atoms with E-state index in [-0.39, 0.29) is 24.0 Å². The van der Waals surface area contributed by atoms with Crippen LogP contribution in [0.1, 0.15) is 37.2 Å². The van der Waals surface area contributed by atoms with Gasteiger partial charge >= 0.3 is 0 Å².